The summed E-state index contributed by atoms with van der Waals surface area (Å²) in [4.78, 5) is 13.7. The molecule has 0 aliphatic heterocycles. The minimum atomic E-state index is -4.54. The Morgan fingerprint density at radius 2 is 1.80 bits per heavy atom. The van der Waals surface area contributed by atoms with Gasteiger partial charge >= 0.3 is 6.18 Å². The number of rotatable bonds is 5. The number of likely N-dealkylation sites (N-methyl/N-ethyl adjacent to an activating group) is 1. The van der Waals surface area contributed by atoms with E-state index in [9.17, 15) is 18.0 Å². The number of benzene rings is 2. The molecule has 8 heteroatoms. The van der Waals surface area contributed by atoms with Crippen LogP contribution < -0.4 is 5.32 Å². The molecule has 0 saturated heterocycles. The van der Waals surface area contributed by atoms with Gasteiger partial charge in [0.1, 0.15) is 0 Å². The Morgan fingerprint density at radius 3 is 2.48 bits per heavy atom. The molecule has 0 aromatic heterocycles. The number of hydrogen-bond acceptors (Lipinski definition) is 2. The van der Waals surface area contributed by atoms with Crippen molar-refractivity contribution in [2.75, 3.05) is 18.9 Å². The number of hydrogen-bond donors (Lipinski definition) is 1. The highest BCUT2D eigenvalue weighted by molar-refractivity contribution is 6.42. The van der Waals surface area contributed by atoms with Crippen LogP contribution in [0.4, 0.5) is 18.9 Å². The predicted molar refractivity (Wildman–Crippen MR) is 92.9 cm³/mol. The molecule has 0 radical (unpaired) electrons. The van der Waals surface area contributed by atoms with E-state index in [-0.39, 0.29) is 12.2 Å². The molecule has 0 aliphatic carbocycles. The van der Waals surface area contributed by atoms with E-state index in [4.69, 9.17) is 23.2 Å². The number of nitrogens with one attached hydrogen (secondary N) is 1. The molecule has 0 spiro atoms. The normalized spacial score (nSPS) is 11.6. The van der Waals surface area contributed by atoms with E-state index < -0.39 is 17.6 Å². The Balaban J connectivity index is 2.02. The lowest BCUT2D eigenvalue weighted by molar-refractivity contribution is -0.137. The Hall–Kier alpha value is -1.76. The standard InChI is InChI=1S/C17H15Cl2F3N2O/c1-24(9-11-5-4-7-13(18)16(11)19)10-15(25)23-14-8-3-2-6-12(14)17(20,21)22/h2-8H,9-10H2,1H3,(H,23,25). The monoisotopic (exact) mass is 390 g/mol. The number of nitrogens with zero attached hydrogens (tertiary/aromatic N) is 1. The zero-order chi connectivity index (χ0) is 18.6. The summed E-state index contributed by atoms with van der Waals surface area (Å²) in [7, 11) is 1.66. The molecular formula is C17H15Cl2F3N2O. The fourth-order valence-corrected chi connectivity index (χ4v) is 2.67. The average molecular weight is 391 g/mol. The second kappa shape index (κ2) is 8.08. The molecule has 25 heavy (non-hydrogen) atoms. The van der Waals surface area contributed by atoms with Gasteiger partial charge in [0.05, 0.1) is 27.8 Å². The van der Waals surface area contributed by atoms with Crippen molar-refractivity contribution in [3.8, 4) is 0 Å². The lowest BCUT2D eigenvalue weighted by atomic mass is 10.1. The van der Waals surface area contributed by atoms with Crippen molar-refractivity contribution in [1.29, 1.82) is 0 Å². The number of anilines is 1. The second-order valence-corrected chi connectivity index (χ2v) is 6.26. The summed E-state index contributed by atoms with van der Waals surface area (Å²) in [5.74, 6) is -0.558. The fourth-order valence-electron chi connectivity index (χ4n) is 2.29. The lowest BCUT2D eigenvalue weighted by Crippen LogP contribution is -2.30. The van der Waals surface area contributed by atoms with Gasteiger partial charge in [-0.1, -0.05) is 47.5 Å². The highest BCUT2D eigenvalue weighted by Gasteiger charge is 2.33. The molecule has 134 valence electrons. The second-order valence-electron chi connectivity index (χ2n) is 5.48. The van der Waals surface area contributed by atoms with E-state index in [2.05, 4.69) is 5.32 Å². The Labute approximate surface area is 153 Å². The van der Waals surface area contributed by atoms with Crippen molar-refractivity contribution in [2.45, 2.75) is 12.7 Å². The molecule has 0 heterocycles. The fraction of sp³-hybridized carbons (Fsp3) is 0.235. The number of carbonyl (C=O) groups is 1. The number of halogens is 5. The third kappa shape index (κ3) is 5.36. The first kappa shape index (κ1) is 19.6. The minimum Gasteiger partial charge on any atom is -0.324 e. The topological polar surface area (TPSA) is 32.3 Å². The van der Waals surface area contributed by atoms with Gasteiger partial charge in [0.15, 0.2) is 0 Å². The molecule has 2 rings (SSSR count). The number of carbonyl (C=O) groups excluding carboxylic acids is 1. The first-order valence-electron chi connectivity index (χ1n) is 7.26. The quantitative estimate of drug-likeness (QED) is 0.771. The third-order valence-electron chi connectivity index (χ3n) is 3.39. The Morgan fingerprint density at radius 1 is 1.12 bits per heavy atom. The average Bonchev–Trinajstić information content (AvgIpc) is 2.51. The summed E-state index contributed by atoms with van der Waals surface area (Å²) < 4.78 is 38.8. The van der Waals surface area contributed by atoms with Crippen molar-refractivity contribution < 1.29 is 18.0 Å². The smallest absolute Gasteiger partial charge is 0.324 e. The van der Waals surface area contributed by atoms with E-state index in [1.165, 1.54) is 18.2 Å². The summed E-state index contributed by atoms with van der Waals surface area (Å²) >= 11 is 12.0. The molecule has 1 N–H and O–H groups in total. The molecule has 0 atom stereocenters. The van der Waals surface area contributed by atoms with Crippen LogP contribution in [0.25, 0.3) is 0 Å². The van der Waals surface area contributed by atoms with Gasteiger partial charge in [0.2, 0.25) is 5.91 Å². The summed E-state index contributed by atoms with van der Waals surface area (Å²) in [5, 5.41) is 3.09. The molecule has 0 saturated carbocycles. The van der Waals surface area contributed by atoms with Crippen LogP contribution in [0.2, 0.25) is 10.0 Å². The van der Waals surface area contributed by atoms with Gasteiger partial charge in [-0.25, -0.2) is 0 Å². The highest BCUT2D eigenvalue weighted by atomic mass is 35.5. The van der Waals surface area contributed by atoms with E-state index >= 15 is 0 Å². The van der Waals surface area contributed by atoms with Gasteiger partial charge in [-0.15, -0.1) is 0 Å². The Bertz CT molecular complexity index is 766. The van der Waals surface area contributed by atoms with E-state index in [1.807, 2.05) is 0 Å². The first-order valence-corrected chi connectivity index (χ1v) is 8.01. The van der Waals surface area contributed by atoms with Crippen molar-refractivity contribution in [2.24, 2.45) is 0 Å². The van der Waals surface area contributed by atoms with Gasteiger partial charge in [-0.3, -0.25) is 9.69 Å². The van der Waals surface area contributed by atoms with Crippen LogP contribution in [-0.4, -0.2) is 24.4 Å². The van der Waals surface area contributed by atoms with Crippen molar-refractivity contribution in [3.05, 3.63) is 63.6 Å². The molecule has 3 nitrogen and oxygen atoms in total. The summed E-state index contributed by atoms with van der Waals surface area (Å²) in [6, 6.07) is 9.98. The largest absolute Gasteiger partial charge is 0.418 e. The van der Waals surface area contributed by atoms with Gasteiger partial charge < -0.3 is 5.32 Å². The number of para-hydroxylation sites is 1. The molecule has 2 aromatic rings. The highest BCUT2D eigenvalue weighted by Crippen LogP contribution is 2.34. The first-order chi connectivity index (χ1) is 11.7. The lowest BCUT2D eigenvalue weighted by Gasteiger charge is -2.18. The summed E-state index contributed by atoms with van der Waals surface area (Å²) in [5.41, 5.74) is -0.432. The SMILES string of the molecule is CN(CC(=O)Nc1ccccc1C(F)(F)F)Cc1cccc(Cl)c1Cl. The predicted octanol–water partition coefficient (Wildman–Crippen LogP) is 5.08. The van der Waals surface area contributed by atoms with E-state index in [1.54, 1.807) is 30.1 Å². The van der Waals surface area contributed by atoms with E-state index in [0.717, 1.165) is 11.6 Å². The zero-order valence-corrected chi connectivity index (χ0v) is 14.7. The van der Waals surface area contributed by atoms with Crippen LogP contribution in [0.15, 0.2) is 42.5 Å². The molecule has 2 aromatic carbocycles. The molecule has 0 fully saturated rings. The minimum absolute atomic E-state index is 0.102. The van der Waals surface area contributed by atoms with Crippen molar-refractivity contribution in [3.63, 3.8) is 0 Å². The molecular weight excluding hydrogens is 376 g/mol. The number of amides is 1. The van der Waals surface area contributed by atoms with Crippen LogP contribution in [0.5, 0.6) is 0 Å². The molecule has 0 bridgehead atoms. The van der Waals surface area contributed by atoms with Gasteiger partial charge in [-0.2, -0.15) is 13.2 Å². The molecule has 1 amide bonds. The van der Waals surface area contributed by atoms with Crippen LogP contribution >= 0.6 is 23.2 Å². The van der Waals surface area contributed by atoms with Crippen molar-refractivity contribution >= 4 is 34.8 Å². The van der Waals surface area contributed by atoms with Crippen LogP contribution in [0, 0.1) is 0 Å². The molecule has 0 aliphatic rings. The van der Waals surface area contributed by atoms with Gasteiger partial charge in [0.25, 0.3) is 0 Å². The van der Waals surface area contributed by atoms with Crippen molar-refractivity contribution in [1.82, 2.24) is 4.90 Å². The summed E-state index contributed by atoms with van der Waals surface area (Å²) in [6.45, 7) is 0.225. The maximum absolute atomic E-state index is 12.9. The summed E-state index contributed by atoms with van der Waals surface area (Å²) in [6.07, 6.45) is -4.54. The maximum Gasteiger partial charge on any atom is 0.418 e. The van der Waals surface area contributed by atoms with Crippen LogP contribution in [0.3, 0.4) is 0 Å². The third-order valence-corrected chi connectivity index (χ3v) is 4.25. The van der Waals surface area contributed by atoms with Crippen LogP contribution in [-0.2, 0) is 17.5 Å². The number of alkyl halides is 3. The van der Waals surface area contributed by atoms with Gasteiger partial charge in [0, 0.05) is 6.54 Å². The zero-order valence-electron chi connectivity index (χ0n) is 13.2. The molecule has 0 unspecified atom stereocenters. The van der Waals surface area contributed by atoms with Crippen LogP contribution in [0.1, 0.15) is 11.1 Å². The maximum atomic E-state index is 12.9. The van der Waals surface area contributed by atoms with E-state index in [0.29, 0.717) is 16.6 Å². The Kier molecular flexibility index (Phi) is 6.32. The van der Waals surface area contributed by atoms with Gasteiger partial charge in [-0.05, 0) is 30.8 Å².